The molecule has 0 spiro atoms. The van der Waals surface area contributed by atoms with Crippen LogP contribution >= 0.6 is 0 Å². The van der Waals surface area contributed by atoms with Gasteiger partial charge in [-0.05, 0) is 23.3 Å². The monoisotopic (exact) mass is 272 g/mol. The van der Waals surface area contributed by atoms with E-state index in [0.717, 1.165) is 6.42 Å². The van der Waals surface area contributed by atoms with Crippen LogP contribution in [-0.4, -0.2) is 22.2 Å². The van der Waals surface area contributed by atoms with Crippen molar-refractivity contribution in [3.05, 3.63) is 60.2 Å². The molecule has 0 heterocycles. The van der Waals surface area contributed by atoms with Gasteiger partial charge in [0.05, 0.1) is 11.1 Å². The number of allylic oxidation sites excluding steroid dienone is 1. The van der Waals surface area contributed by atoms with E-state index in [2.05, 4.69) is 13.5 Å². The van der Waals surface area contributed by atoms with Crippen molar-refractivity contribution >= 4 is 22.7 Å². The number of carboxylic acid groups (broad SMARTS) is 2. The number of fused-ring (bicyclic) bond motifs is 1. The Morgan fingerprint density at radius 1 is 1.10 bits per heavy atom. The van der Waals surface area contributed by atoms with Crippen molar-refractivity contribution in [2.75, 3.05) is 0 Å². The molecular weight excluding hydrogens is 256 g/mol. The lowest BCUT2D eigenvalue weighted by molar-refractivity contribution is 0.0653. The van der Waals surface area contributed by atoms with Crippen LogP contribution in [0.4, 0.5) is 0 Å². The van der Waals surface area contributed by atoms with E-state index in [4.69, 9.17) is 10.2 Å². The highest BCUT2D eigenvalue weighted by Gasteiger charge is 2.18. The summed E-state index contributed by atoms with van der Waals surface area (Å²) in [6.45, 7) is 5.54. The first-order valence-corrected chi connectivity index (χ1v) is 6.12. The van der Waals surface area contributed by atoms with Gasteiger partial charge in [-0.2, -0.15) is 0 Å². The normalized spacial score (nSPS) is 9.45. The molecule has 0 aliphatic rings. The lowest BCUT2D eigenvalue weighted by Crippen LogP contribution is -2.08. The molecule has 2 N–H and O–H groups in total. The number of aromatic carboxylic acids is 2. The van der Waals surface area contributed by atoms with E-state index in [0.29, 0.717) is 10.8 Å². The predicted octanol–water partition coefficient (Wildman–Crippen LogP) is 3.82. The van der Waals surface area contributed by atoms with Crippen molar-refractivity contribution in [3.8, 4) is 0 Å². The summed E-state index contributed by atoms with van der Waals surface area (Å²) in [6.07, 6.45) is 2.96. The Balaban J connectivity index is 0.000000444. The number of carbonyl (C=O) groups is 2. The van der Waals surface area contributed by atoms with E-state index in [-0.39, 0.29) is 11.1 Å². The second-order valence-corrected chi connectivity index (χ2v) is 4.02. The molecule has 0 unspecified atom stereocenters. The van der Waals surface area contributed by atoms with Crippen LogP contribution in [0.1, 0.15) is 34.1 Å². The van der Waals surface area contributed by atoms with Gasteiger partial charge in [-0.15, -0.1) is 6.58 Å². The lowest BCUT2D eigenvalue weighted by atomic mass is 9.99. The molecule has 2 aromatic carbocycles. The van der Waals surface area contributed by atoms with E-state index < -0.39 is 11.9 Å². The van der Waals surface area contributed by atoms with Gasteiger partial charge in [0, 0.05) is 0 Å². The Bertz CT molecular complexity index is 644. The highest BCUT2D eigenvalue weighted by molar-refractivity contribution is 6.11. The van der Waals surface area contributed by atoms with Gasteiger partial charge in [0.15, 0.2) is 0 Å². The van der Waals surface area contributed by atoms with E-state index in [1.165, 1.54) is 6.07 Å². The van der Waals surface area contributed by atoms with Crippen molar-refractivity contribution in [3.63, 3.8) is 0 Å². The molecule has 0 fully saturated rings. The van der Waals surface area contributed by atoms with E-state index >= 15 is 0 Å². The van der Waals surface area contributed by atoms with Crippen LogP contribution in [0.3, 0.4) is 0 Å². The molecule has 2 aromatic rings. The molecule has 20 heavy (non-hydrogen) atoms. The zero-order valence-corrected chi connectivity index (χ0v) is 11.2. The standard InChI is InChI=1S/C12H8O4.C4H8/c13-11(14)9-6-5-7-3-1-2-4-8(7)10(9)12(15)16;1-3-4-2/h1-6H,(H,13,14)(H,15,16);3H,1,4H2,2H3. The zero-order chi connectivity index (χ0) is 15.1. The minimum atomic E-state index is -1.23. The number of carboxylic acids is 2. The fourth-order valence-electron chi connectivity index (χ4n) is 1.68. The largest absolute Gasteiger partial charge is 0.478 e. The average Bonchev–Trinajstić information content (AvgIpc) is 2.45. The highest BCUT2D eigenvalue weighted by atomic mass is 16.4. The number of hydrogen-bond donors (Lipinski definition) is 2. The first-order valence-electron chi connectivity index (χ1n) is 6.12. The van der Waals surface area contributed by atoms with Crippen LogP contribution < -0.4 is 0 Å². The van der Waals surface area contributed by atoms with Crippen molar-refractivity contribution in [2.45, 2.75) is 13.3 Å². The second kappa shape index (κ2) is 7.09. The molecular formula is C16H16O4. The Labute approximate surface area is 117 Å². The molecule has 0 aliphatic heterocycles. The van der Waals surface area contributed by atoms with Gasteiger partial charge in [-0.1, -0.05) is 43.3 Å². The van der Waals surface area contributed by atoms with Gasteiger partial charge in [-0.3, -0.25) is 0 Å². The second-order valence-electron chi connectivity index (χ2n) is 4.02. The number of hydrogen-bond acceptors (Lipinski definition) is 2. The quantitative estimate of drug-likeness (QED) is 0.833. The molecule has 4 nitrogen and oxygen atoms in total. The number of rotatable bonds is 3. The molecule has 0 saturated heterocycles. The summed E-state index contributed by atoms with van der Waals surface area (Å²) in [5, 5.41) is 19.1. The van der Waals surface area contributed by atoms with Crippen LogP contribution in [0.15, 0.2) is 49.1 Å². The third-order valence-corrected chi connectivity index (χ3v) is 2.66. The maximum Gasteiger partial charge on any atom is 0.337 e. The van der Waals surface area contributed by atoms with Gasteiger partial charge < -0.3 is 10.2 Å². The molecule has 2 rings (SSSR count). The van der Waals surface area contributed by atoms with Crippen LogP contribution in [-0.2, 0) is 0 Å². The van der Waals surface area contributed by atoms with Crippen molar-refractivity contribution < 1.29 is 19.8 Å². The Kier molecular flexibility index (Phi) is 5.47. The fourth-order valence-corrected chi connectivity index (χ4v) is 1.68. The van der Waals surface area contributed by atoms with Gasteiger partial charge >= 0.3 is 11.9 Å². The van der Waals surface area contributed by atoms with Crippen LogP contribution in [0.25, 0.3) is 10.8 Å². The summed E-state index contributed by atoms with van der Waals surface area (Å²) in [6, 6.07) is 9.72. The molecule has 0 aliphatic carbocycles. The molecule has 0 radical (unpaired) electrons. The van der Waals surface area contributed by atoms with Crippen molar-refractivity contribution in [1.82, 2.24) is 0 Å². The third kappa shape index (κ3) is 3.45. The zero-order valence-electron chi connectivity index (χ0n) is 11.2. The van der Waals surface area contributed by atoms with Crippen molar-refractivity contribution in [2.24, 2.45) is 0 Å². The molecule has 104 valence electrons. The van der Waals surface area contributed by atoms with Crippen molar-refractivity contribution in [1.29, 1.82) is 0 Å². The predicted molar refractivity (Wildman–Crippen MR) is 78.4 cm³/mol. The van der Waals surface area contributed by atoms with Gasteiger partial charge in [0.1, 0.15) is 0 Å². The van der Waals surface area contributed by atoms with E-state index in [1.54, 1.807) is 30.3 Å². The molecule has 0 saturated carbocycles. The topological polar surface area (TPSA) is 74.6 Å². The van der Waals surface area contributed by atoms with Crippen LogP contribution in [0.5, 0.6) is 0 Å². The summed E-state index contributed by atoms with van der Waals surface area (Å²) in [4.78, 5) is 22.0. The first kappa shape index (κ1) is 15.4. The minimum absolute atomic E-state index is 0.161. The Hall–Kier alpha value is -2.62. The summed E-state index contributed by atoms with van der Waals surface area (Å²) in [5.74, 6) is -2.46. The van der Waals surface area contributed by atoms with Gasteiger partial charge in [0.2, 0.25) is 0 Å². The summed E-state index contributed by atoms with van der Waals surface area (Å²) >= 11 is 0. The smallest absolute Gasteiger partial charge is 0.337 e. The summed E-state index contributed by atoms with van der Waals surface area (Å²) < 4.78 is 0. The average molecular weight is 272 g/mol. The summed E-state index contributed by atoms with van der Waals surface area (Å²) in [5.41, 5.74) is -0.350. The molecule has 0 amide bonds. The lowest BCUT2D eigenvalue weighted by Gasteiger charge is -2.05. The van der Waals surface area contributed by atoms with Crippen LogP contribution in [0, 0.1) is 0 Å². The number of benzene rings is 2. The van der Waals surface area contributed by atoms with Crippen LogP contribution in [0.2, 0.25) is 0 Å². The maximum atomic E-state index is 11.1. The third-order valence-electron chi connectivity index (χ3n) is 2.66. The minimum Gasteiger partial charge on any atom is -0.478 e. The van der Waals surface area contributed by atoms with Gasteiger partial charge in [-0.25, -0.2) is 9.59 Å². The molecule has 4 heteroatoms. The van der Waals surface area contributed by atoms with E-state index in [9.17, 15) is 9.59 Å². The summed E-state index contributed by atoms with van der Waals surface area (Å²) in [7, 11) is 0. The Morgan fingerprint density at radius 2 is 1.70 bits per heavy atom. The molecule has 0 aromatic heterocycles. The molecule has 0 bridgehead atoms. The highest BCUT2D eigenvalue weighted by Crippen LogP contribution is 2.22. The maximum absolute atomic E-state index is 11.1. The molecule has 0 atom stereocenters. The van der Waals surface area contributed by atoms with Gasteiger partial charge in [0.25, 0.3) is 0 Å². The fraction of sp³-hybridized carbons (Fsp3) is 0.125. The Morgan fingerprint density at radius 3 is 2.20 bits per heavy atom. The first-order chi connectivity index (χ1) is 9.52. The SMILES string of the molecule is C=CCC.O=C(O)c1ccc2ccccc2c1C(=O)O. The van der Waals surface area contributed by atoms with E-state index in [1.807, 2.05) is 6.08 Å².